The fourth-order valence-corrected chi connectivity index (χ4v) is 4.84. The summed E-state index contributed by atoms with van der Waals surface area (Å²) in [4.78, 5) is 29.6. The number of hydrogen-bond donors (Lipinski definition) is 0. The molecule has 0 spiro atoms. The molecule has 5 rings (SSSR count). The standard InChI is InChI=1S/C22H27N5O3/c1-15-22(29)27(16-8-4-5-10-18(16)30-15)14-20(28)25-13-7-9-17(25)21-24-23-19-11-3-2-6-12-26(19)21/h4-5,8,10,15,17H,2-3,6-7,9,11-14H2,1H3/t15-,17-/m0/s1. The molecule has 8 heteroatoms. The minimum absolute atomic E-state index is 0.0149. The molecule has 0 unspecified atom stereocenters. The molecule has 0 aliphatic carbocycles. The number of aryl methyl sites for hydroxylation is 1. The van der Waals surface area contributed by atoms with E-state index in [1.807, 2.05) is 29.2 Å². The van der Waals surface area contributed by atoms with Gasteiger partial charge in [0.25, 0.3) is 5.91 Å². The summed E-state index contributed by atoms with van der Waals surface area (Å²) in [7, 11) is 0. The first-order valence-corrected chi connectivity index (χ1v) is 10.9. The first-order valence-electron chi connectivity index (χ1n) is 10.9. The van der Waals surface area contributed by atoms with Gasteiger partial charge in [-0.2, -0.15) is 0 Å². The molecular formula is C22H27N5O3. The number of hydrogen-bond acceptors (Lipinski definition) is 5. The predicted octanol–water partition coefficient (Wildman–Crippen LogP) is 2.48. The number of amides is 2. The lowest BCUT2D eigenvalue weighted by molar-refractivity contribution is -0.134. The van der Waals surface area contributed by atoms with Crippen molar-refractivity contribution >= 4 is 17.5 Å². The van der Waals surface area contributed by atoms with E-state index in [4.69, 9.17) is 4.74 Å². The fourth-order valence-electron chi connectivity index (χ4n) is 4.84. The molecule has 3 aliphatic heterocycles. The summed E-state index contributed by atoms with van der Waals surface area (Å²) in [5.41, 5.74) is 0.654. The van der Waals surface area contributed by atoms with Crippen LogP contribution in [0.3, 0.4) is 0 Å². The second-order valence-electron chi connectivity index (χ2n) is 8.33. The lowest BCUT2D eigenvalue weighted by Crippen LogP contribution is -2.49. The number of rotatable bonds is 3. The maximum absolute atomic E-state index is 13.4. The van der Waals surface area contributed by atoms with E-state index in [9.17, 15) is 9.59 Å². The van der Waals surface area contributed by atoms with Crippen molar-refractivity contribution in [1.29, 1.82) is 0 Å². The monoisotopic (exact) mass is 409 g/mol. The van der Waals surface area contributed by atoms with E-state index in [0.717, 1.165) is 50.3 Å². The van der Waals surface area contributed by atoms with E-state index in [1.165, 1.54) is 6.42 Å². The van der Waals surface area contributed by atoms with Gasteiger partial charge in [0.2, 0.25) is 5.91 Å². The van der Waals surface area contributed by atoms with E-state index in [1.54, 1.807) is 11.8 Å². The summed E-state index contributed by atoms with van der Waals surface area (Å²) in [5, 5.41) is 8.90. The molecule has 4 heterocycles. The Morgan fingerprint density at radius 1 is 1.13 bits per heavy atom. The Labute approximate surface area is 175 Å². The molecule has 8 nitrogen and oxygen atoms in total. The lowest BCUT2D eigenvalue weighted by atomic mass is 10.1. The van der Waals surface area contributed by atoms with Crippen LogP contribution in [0.4, 0.5) is 5.69 Å². The zero-order chi connectivity index (χ0) is 20.7. The van der Waals surface area contributed by atoms with E-state index >= 15 is 0 Å². The molecule has 1 aromatic carbocycles. The number of ether oxygens (including phenoxy) is 1. The summed E-state index contributed by atoms with van der Waals surface area (Å²) in [5.74, 6) is 2.33. The van der Waals surface area contributed by atoms with Crippen molar-refractivity contribution in [1.82, 2.24) is 19.7 Å². The molecular weight excluding hydrogens is 382 g/mol. The summed E-state index contributed by atoms with van der Waals surface area (Å²) in [6.45, 7) is 3.34. The smallest absolute Gasteiger partial charge is 0.268 e. The SMILES string of the molecule is C[C@@H]1Oc2ccccc2N(CC(=O)N2CCC[C@H]2c2nnc3n2CCCCC3)C1=O. The number of aromatic nitrogens is 3. The third-order valence-corrected chi connectivity index (χ3v) is 6.38. The Morgan fingerprint density at radius 2 is 2.00 bits per heavy atom. The van der Waals surface area contributed by atoms with Crippen LogP contribution in [-0.2, 0) is 22.6 Å². The highest BCUT2D eigenvalue weighted by molar-refractivity contribution is 6.03. The van der Waals surface area contributed by atoms with Gasteiger partial charge in [-0.3, -0.25) is 14.5 Å². The van der Waals surface area contributed by atoms with Crippen LogP contribution in [0.1, 0.15) is 56.7 Å². The number of para-hydroxylation sites is 2. The number of nitrogens with zero attached hydrogens (tertiary/aromatic N) is 5. The van der Waals surface area contributed by atoms with Crippen LogP contribution in [0, 0.1) is 0 Å². The molecule has 3 aliphatic rings. The molecule has 0 N–H and O–H groups in total. The molecule has 0 radical (unpaired) electrons. The van der Waals surface area contributed by atoms with Crippen molar-refractivity contribution in [3.05, 3.63) is 35.9 Å². The third-order valence-electron chi connectivity index (χ3n) is 6.38. The molecule has 30 heavy (non-hydrogen) atoms. The zero-order valence-electron chi connectivity index (χ0n) is 17.3. The molecule has 2 aromatic rings. The summed E-state index contributed by atoms with van der Waals surface area (Å²) in [6, 6.07) is 7.31. The topological polar surface area (TPSA) is 80.6 Å². The van der Waals surface area contributed by atoms with Gasteiger partial charge in [-0.15, -0.1) is 10.2 Å². The van der Waals surface area contributed by atoms with Gasteiger partial charge in [0.15, 0.2) is 11.9 Å². The van der Waals surface area contributed by atoms with Gasteiger partial charge in [0.1, 0.15) is 18.1 Å². The van der Waals surface area contributed by atoms with Crippen LogP contribution in [0.5, 0.6) is 5.75 Å². The quantitative estimate of drug-likeness (QED) is 0.778. The molecule has 0 saturated carbocycles. The van der Waals surface area contributed by atoms with Gasteiger partial charge in [-0.1, -0.05) is 18.6 Å². The minimum atomic E-state index is -0.602. The predicted molar refractivity (Wildman–Crippen MR) is 110 cm³/mol. The number of fused-ring (bicyclic) bond motifs is 2. The fraction of sp³-hybridized carbons (Fsp3) is 0.545. The average Bonchev–Trinajstić information content (AvgIpc) is 3.32. The number of benzene rings is 1. The minimum Gasteiger partial charge on any atom is -0.479 e. The molecule has 1 fully saturated rings. The highest BCUT2D eigenvalue weighted by Crippen LogP contribution is 2.36. The Balaban J connectivity index is 1.39. The maximum Gasteiger partial charge on any atom is 0.268 e. The largest absolute Gasteiger partial charge is 0.479 e. The Hall–Kier alpha value is -2.90. The van der Waals surface area contributed by atoms with Crippen molar-refractivity contribution in [3.63, 3.8) is 0 Å². The van der Waals surface area contributed by atoms with Gasteiger partial charge in [0, 0.05) is 19.5 Å². The molecule has 158 valence electrons. The van der Waals surface area contributed by atoms with Crippen LogP contribution in [0.15, 0.2) is 24.3 Å². The van der Waals surface area contributed by atoms with Crippen molar-refractivity contribution in [2.75, 3.05) is 18.0 Å². The normalized spacial score (nSPS) is 23.6. The third kappa shape index (κ3) is 3.24. The van der Waals surface area contributed by atoms with Crippen LogP contribution in [0.2, 0.25) is 0 Å². The number of anilines is 1. The van der Waals surface area contributed by atoms with Gasteiger partial charge in [0.05, 0.1) is 11.7 Å². The number of carbonyl (C=O) groups excluding carboxylic acids is 2. The first kappa shape index (κ1) is 19.1. The van der Waals surface area contributed by atoms with Crippen LogP contribution < -0.4 is 9.64 Å². The molecule has 2 amide bonds. The highest BCUT2D eigenvalue weighted by Gasteiger charge is 2.38. The average molecular weight is 409 g/mol. The van der Waals surface area contributed by atoms with Gasteiger partial charge in [-0.25, -0.2) is 0 Å². The Morgan fingerprint density at radius 3 is 2.90 bits per heavy atom. The highest BCUT2D eigenvalue weighted by atomic mass is 16.5. The maximum atomic E-state index is 13.4. The van der Waals surface area contributed by atoms with E-state index in [-0.39, 0.29) is 24.4 Å². The van der Waals surface area contributed by atoms with Gasteiger partial charge >= 0.3 is 0 Å². The van der Waals surface area contributed by atoms with E-state index < -0.39 is 6.10 Å². The number of carbonyl (C=O) groups is 2. The van der Waals surface area contributed by atoms with Crippen LogP contribution >= 0.6 is 0 Å². The molecule has 2 atom stereocenters. The summed E-state index contributed by atoms with van der Waals surface area (Å²) in [6.07, 6.45) is 5.63. The summed E-state index contributed by atoms with van der Waals surface area (Å²) >= 11 is 0. The van der Waals surface area contributed by atoms with Crippen LogP contribution in [0.25, 0.3) is 0 Å². The van der Waals surface area contributed by atoms with Crippen molar-refractivity contribution in [3.8, 4) is 5.75 Å². The Kier molecular flexibility index (Phi) is 4.92. The second-order valence-corrected chi connectivity index (χ2v) is 8.33. The van der Waals surface area contributed by atoms with Crippen LogP contribution in [-0.4, -0.2) is 50.7 Å². The number of likely N-dealkylation sites (tertiary alicyclic amines) is 1. The molecule has 0 bridgehead atoms. The van der Waals surface area contributed by atoms with Crippen molar-refractivity contribution in [2.24, 2.45) is 0 Å². The van der Waals surface area contributed by atoms with Crippen molar-refractivity contribution < 1.29 is 14.3 Å². The van der Waals surface area contributed by atoms with E-state index in [0.29, 0.717) is 18.0 Å². The van der Waals surface area contributed by atoms with Gasteiger partial charge in [-0.05, 0) is 44.7 Å². The first-order chi connectivity index (χ1) is 14.6. The molecule has 1 saturated heterocycles. The Bertz CT molecular complexity index is 971. The van der Waals surface area contributed by atoms with E-state index in [2.05, 4.69) is 14.8 Å². The summed E-state index contributed by atoms with van der Waals surface area (Å²) < 4.78 is 7.92. The molecule has 1 aromatic heterocycles. The second kappa shape index (κ2) is 7.74. The zero-order valence-corrected chi connectivity index (χ0v) is 17.3. The van der Waals surface area contributed by atoms with Gasteiger partial charge < -0.3 is 14.2 Å². The lowest BCUT2D eigenvalue weighted by Gasteiger charge is -2.34. The van der Waals surface area contributed by atoms with Crippen molar-refractivity contribution in [2.45, 2.75) is 64.1 Å².